The zero-order valence-corrected chi connectivity index (χ0v) is 18.8. The molecule has 2 aliphatic rings. The Bertz CT molecular complexity index is 1160. The van der Waals surface area contributed by atoms with Gasteiger partial charge in [-0.25, -0.2) is 0 Å². The monoisotopic (exact) mass is 460 g/mol. The van der Waals surface area contributed by atoms with Crippen molar-refractivity contribution in [1.29, 1.82) is 0 Å². The molecule has 168 valence electrons. The smallest absolute Gasteiger partial charge is 0.242 e. The number of anilines is 2. The van der Waals surface area contributed by atoms with Crippen molar-refractivity contribution < 1.29 is 19.1 Å². The van der Waals surface area contributed by atoms with E-state index < -0.39 is 5.25 Å². The predicted octanol–water partition coefficient (Wildman–Crippen LogP) is 5.28. The summed E-state index contributed by atoms with van der Waals surface area (Å²) >= 11 is 1.44. The molecule has 5 rings (SSSR count). The van der Waals surface area contributed by atoms with Gasteiger partial charge in [0.1, 0.15) is 18.5 Å². The third-order valence-electron chi connectivity index (χ3n) is 5.45. The Hall–Kier alpha value is -3.45. The number of benzene rings is 3. The average Bonchev–Trinajstić information content (AvgIpc) is 3.69. The summed E-state index contributed by atoms with van der Waals surface area (Å²) in [6.07, 6.45) is 1.91. The van der Waals surface area contributed by atoms with E-state index in [0.717, 1.165) is 29.0 Å². The fourth-order valence-electron chi connectivity index (χ4n) is 3.60. The SMILES string of the molecule is O=C(Nc1cccc(SC(C(=O)Nc2ccc3c(c2)OCCO3)c2ccccc2)c1)C1CC1. The summed E-state index contributed by atoms with van der Waals surface area (Å²) in [6, 6.07) is 22.7. The number of ether oxygens (including phenoxy) is 2. The summed E-state index contributed by atoms with van der Waals surface area (Å²) in [5.74, 6) is 1.36. The summed E-state index contributed by atoms with van der Waals surface area (Å²) in [5.41, 5.74) is 2.29. The molecule has 0 bridgehead atoms. The maximum Gasteiger partial charge on any atom is 0.242 e. The molecular weight excluding hydrogens is 436 g/mol. The minimum Gasteiger partial charge on any atom is -0.486 e. The van der Waals surface area contributed by atoms with Crippen LogP contribution in [0.3, 0.4) is 0 Å². The van der Waals surface area contributed by atoms with Crippen LogP contribution in [0.5, 0.6) is 11.5 Å². The molecule has 0 radical (unpaired) electrons. The third kappa shape index (κ3) is 5.31. The van der Waals surface area contributed by atoms with Gasteiger partial charge >= 0.3 is 0 Å². The first-order valence-electron chi connectivity index (χ1n) is 11.0. The zero-order valence-electron chi connectivity index (χ0n) is 18.0. The lowest BCUT2D eigenvalue weighted by Gasteiger charge is -2.20. The van der Waals surface area contributed by atoms with E-state index in [0.29, 0.717) is 30.4 Å². The van der Waals surface area contributed by atoms with Crippen LogP contribution in [0.25, 0.3) is 0 Å². The first kappa shape index (κ1) is 21.4. The summed E-state index contributed by atoms with van der Waals surface area (Å²) in [6.45, 7) is 1.01. The highest BCUT2D eigenvalue weighted by Gasteiger charge is 2.29. The molecular formula is C26H24N2O4S. The average molecular weight is 461 g/mol. The number of hydrogen-bond donors (Lipinski definition) is 2. The number of rotatable bonds is 7. The van der Waals surface area contributed by atoms with Crippen molar-refractivity contribution in [3.63, 3.8) is 0 Å². The maximum absolute atomic E-state index is 13.4. The molecule has 1 saturated carbocycles. The number of carbonyl (C=O) groups excluding carboxylic acids is 2. The van der Waals surface area contributed by atoms with Gasteiger partial charge in [0.15, 0.2) is 11.5 Å². The van der Waals surface area contributed by atoms with Crippen molar-refractivity contribution in [3.05, 3.63) is 78.4 Å². The van der Waals surface area contributed by atoms with Crippen LogP contribution in [0.15, 0.2) is 77.7 Å². The van der Waals surface area contributed by atoms with E-state index in [1.54, 1.807) is 12.1 Å². The van der Waals surface area contributed by atoms with Gasteiger partial charge in [-0.1, -0.05) is 36.4 Å². The lowest BCUT2D eigenvalue weighted by molar-refractivity contribution is -0.117. The quantitative estimate of drug-likeness (QED) is 0.469. The predicted molar refractivity (Wildman–Crippen MR) is 129 cm³/mol. The molecule has 1 fully saturated rings. The zero-order chi connectivity index (χ0) is 22.6. The van der Waals surface area contributed by atoms with Gasteiger partial charge in [0, 0.05) is 28.3 Å². The Labute approximate surface area is 196 Å². The molecule has 1 unspecified atom stereocenters. The Morgan fingerprint density at radius 1 is 0.818 bits per heavy atom. The number of thioether (sulfide) groups is 1. The molecule has 2 amide bonds. The summed E-state index contributed by atoms with van der Waals surface area (Å²) in [4.78, 5) is 26.4. The van der Waals surface area contributed by atoms with Gasteiger partial charge in [-0.05, 0) is 48.7 Å². The van der Waals surface area contributed by atoms with Gasteiger partial charge in [-0.2, -0.15) is 0 Å². The van der Waals surface area contributed by atoms with Gasteiger partial charge in [0.2, 0.25) is 11.8 Å². The largest absolute Gasteiger partial charge is 0.486 e. The molecule has 1 atom stereocenters. The molecule has 7 heteroatoms. The van der Waals surface area contributed by atoms with Crippen LogP contribution < -0.4 is 20.1 Å². The minimum atomic E-state index is -0.478. The molecule has 2 N–H and O–H groups in total. The van der Waals surface area contributed by atoms with Gasteiger partial charge < -0.3 is 20.1 Å². The van der Waals surface area contributed by atoms with Gasteiger partial charge in [0.05, 0.1) is 0 Å². The van der Waals surface area contributed by atoms with Crippen molar-refractivity contribution in [2.45, 2.75) is 23.0 Å². The topological polar surface area (TPSA) is 76.7 Å². The molecule has 1 aliphatic carbocycles. The molecule has 3 aromatic rings. The van der Waals surface area contributed by atoms with E-state index in [1.165, 1.54) is 11.8 Å². The Morgan fingerprint density at radius 3 is 2.36 bits per heavy atom. The standard InChI is InChI=1S/C26H24N2O4S/c29-25(18-9-10-18)27-19-7-4-8-21(15-19)33-24(17-5-2-1-3-6-17)26(30)28-20-11-12-22-23(16-20)32-14-13-31-22/h1-8,11-12,15-16,18,24H,9-10,13-14H2,(H,27,29)(H,28,30). The molecule has 1 aliphatic heterocycles. The van der Waals surface area contributed by atoms with E-state index >= 15 is 0 Å². The Kier molecular flexibility index (Phi) is 6.21. The first-order chi connectivity index (χ1) is 16.2. The lowest BCUT2D eigenvalue weighted by atomic mass is 10.1. The second-order valence-corrected chi connectivity index (χ2v) is 9.23. The van der Waals surface area contributed by atoms with E-state index in [9.17, 15) is 9.59 Å². The highest BCUT2D eigenvalue weighted by molar-refractivity contribution is 8.00. The maximum atomic E-state index is 13.4. The van der Waals surface area contributed by atoms with Crippen molar-refractivity contribution in [3.8, 4) is 11.5 Å². The molecule has 0 spiro atoms. The highest BCUT2D eigenvalue weighted by Crippen LogP contribution is 2.39. The van der Waals surface area contributed by atoms with Gasteiger partial charge in [0.25, 0.3) is 0 Å². The van der Waals surface area contributed by atoms with Crippen LogP contribution in [-0.2, 0) is 9.59 Å². The summed E-state index contributed by atoms with van der Waals surface area (Å²) < 4.78 is 11.2. The van der Waals surface area contributed by atoms with Crippen molar-refractivity contribution in [2.24, 2.45) is 5.92 Å². The van der Waals surface area contributed by atoms with Crippen molar-refractivity contribution in [2.75, 3.05) is 23.8 Å². The van der Waals surface area contributed by atoms with Crippen LogP contribution in [0.1, 0.15) is 23.7 Å². The van der Waals surface area contributed by atoms with Crippen molar-refractivity contribution in [1.82, 2.24) is 0 Å². The fraction of sp³-hybridized carbons (Fsp3) is 0.231. The van der Waals surface area contributed by atoms with Crippen molar-refractivity contribution >= 4 is 35.0 Å². The molecule has 6 nitrogen and oxygen atoms in total. The first-order valence-corrected chi connectivity index (χ1v) is 11.9. The normalized spacial score (nSPS) is 15.4. The molecule has 33 heavy (non-hydrogen) atoms. The molecule has 1 heterocycles. The second-order valence-electron chi connectivity index (χ2n) is 8.05. The fourth-order valence-corrected chi connectivity index (χ4v) is 4.69. The molecule has 0 aromatic heterocycles. The van der Waals surface area contributed by atoms with E-state index in [2.05, 4.69) is 10.6 Å². The van der Waals surface area contributed by atoms with Crippen LogP contribution in [0.4, 0.5) is 11.4 Å². The van der Waals surface area contributed by atoms with Gasteiger partial charge in [-0.15, -0.1) is 11.8 Å². The number of hydrogen-bond acceptors (Lipinski definition) is 5. The van der Waals surface area contributed by atoms with Crippen LogP contribution in [0.2, 0.25) is 0 Å². The van der Waals surface area contributed by atoms with E-state index in [1.807, 2.05) is 60.7 Å². The summed E-state index contributed by atoms with van der Waals surface area (Å²) in [7, 11) is 0. The third-order valence-corrected chi connectivity index (χ3v) is 6.70. The number of carbonyl (C=O) groups is 2. The minimum absolute atomic E-state index is 0.0631. The molecule has 0 saturated heterocycles. The number of nitrogens with one attached hydrogen (secondary N) is 2. The highest BCUT2D eigenvalue weighted by atomic mass is 32.2. The Morgan fingerprint density at radius 2 is 1.58 bits per heavy atom. The summed E-state index contributed by atoms with van der Waals surface area (Å²) in [5, 5.41) is 5.51. The van der Waals surface area contributed by atoms with E-state index in [4.69, 9.17) is 9.47 Å². The molecule has 3 aromatic carbocycles. The lowest BCUT2D eigenvalue weighted by Crippen LogP contribution is -2.20. The van der Waals surface area contributed by atoms with Crippen LogP contribution >= 0.6 is 11.8 Å². The van der Waals surface area contributed by atoms with Gasteiger partial charge in [-0.3, -0.25) is 9.59 Å². The number of fused-ring (bicyclic) bond motifs is 1. The second kappa shape index (κ2) is 9.58. The van der Waals surface area contributed by atoms with E-state index in [-0.39, 0.29) is 17.7 Å². The van der Waals surface area contributed by atoms with Crippen LogP contribution in [-0.4, -0.2) is 25.0 Å². The number of amides is 2. The van der Waals surface area contributed by atoms with Crippen LogP contribution in [0, 0.1) is 5.92 Å². The Balaban J connectivity index is 1.35.